The molecule has 0 saturated carbocycles. The van der Waals surface area contributed by atoms with Crippen LogP contribution in [-0.4, -0.2) is 27.9 Å². The van der Waals surface area contributed by atoms with E-state index in [0.29, 0.717) is 0 Å². The quantitative estimate of drug-likeness (QED) is 0.567. The SMILES string of the molecule is C[C@H](NC(=O)c1ccc([N+](=O)[O-])o1)C(=O)O. The Bertz CT molecular complexity index is 437. The summed E-state index contributed by atoms with van der Waals surface area (Å²) in [4.78, 5) is 31.2. The fourth-order valence-corrected chi connectivity index (χ4v) is 0.877. The van der Waals surface area contributed by atoms with Crippen LogP contribution in [0.15, 0.2) is 16.5 Å². The van der Waals surface area contributed by atoms with Crippen molar-refractivity contribution in [3.05, 3.63) is 28.0 Å². The topological polar surface area (TPSA) is 123 Å². The molecule has 0 unspecified atom stereocenters. The van der Waals surface area contributed by atoms with E-state index in [9.17, 15) is 19.7 Å². The van der Waals surface area contributed by atoms with Gasteiger partial charge in [0, 0.05) is 0 Å². The lowest BCUT2D eigenvalue weighted by Crippen LogP contribution is -2.38. The number of carbonyl (C=O) groups excluding carboxylic acids is 1. The van der Waals surface area contributed by atoms with Gasteiger partial charge in [0.2, 0.25) is 0 Å². The van der Waals surface area contributed by atoms with Crippen molar-refractivity contribution in [2.24, 2.45) is 0 Å². The minimum Gasteiger partial charge on any atom is -0.480 e. The highest BCUT2D eigenvalue weighted by molar-refractivity contribution is 5.94. The molecule has 86 valence electrons. The van der Waals surface area contributed by atoms with E-state index in [1.807, 2.05) is 0 Å². The summed E-state index contributed by atoms with van der Waals surface area (Å²) in [5.41, 5.74) is 0. The van der Waals surface area contributed by atoms with Crippen LogP contribution in [0.2, 0.25) is 0 Å². The van der Waals surface area contributed by atoms with Crippen molar-refractivity contribution >= 4 is 17.8 Å². The fraction of sp³-hybridized carbons (Fsp3) is 0.250. The largest absolute Gasteiger partial charge is 0.480 e. The second-order valence-corrected chi connectivity index (χ2v) is 2.93. The zero-order chi connectivity index (χ0) is 12.3. The van der Waals surface area contributed by atoms with Gasteiger partial charge in [-0.3, -0.25) is 19.7 Å². The first-order valence-electron chi connectivity index (χ1n) is 4.19. The average molecular weight is 228 g/mol. The molecule has 0 aromatic carbocycles. The molecule has 1 rings (SSSR count). The summed E-state index contributed by atoms with van der Waals surface area (Å²) in [6.45, 7) is 1.26. The summed E-state index contributed by atoms with van der Waals surface area (Å²) in [7, 11) is 0. The van der Waals surface area contributed by atoms with Crippen molar-refractivity contribution < 1.29 is 24.0 Å². The first-order chi connectivity index (χ1) is 7.41. The van der Waals surface area contributed by atoms with Gasteiger partial charge in [-0.1, -0.05) is 0 Å². The van der Waals surface area contributed by atoms with Gasteiger partial charge in [-0.05, 0) is 13.0 Å². The Hall–Kier alpha value is -2.38. The molecule has 8 heteroatoms. The first-order valence-corrected chi connectivity index (χ1v) is 4.19. The number of nitro groups is 1. The summed E-state index contributed by atoms with van der Waals surface area (Å²) in [5.74, 6) is -2.91. The van der Waals surface area contributed by atoms with Crippen LogP contribution in [-0.2, 0) is 4.79 Å². The number of aliphatic carboxylic acids is 1. The third kappa shape index (κ3) is 2.56. The standard InChI is InChI=1S/C8H8N2O6/c1-4(8(12)13)9-7(11)5-2-3-6(16-5)10(14)15/h2-4H,1H3,(H,9,11)(H,12,13)/t4-/m0/s1. The van der Waals surface area contributed by atoms with Crippen LogP contribution in [0.25, 0.3) is 0 Å². The van der Waals surface area contributed by atoms with Gasteiger partial charge in [-0.2, -0.15) is 0 Å². The summed E-state index contributed by atoms with van der Waals surface area (Å²) >= 11 is 0. The normalized spacial score (nSPS) is 11.8. The summed E-state index contributed by atoms with van der Waals surface area (Å²) in [5, 5.41) is 20.9. The van der Waals surface area contributed by atoms with E-state index >= 15 is 0 Å². The predicted molar refractivity (Wildman–Crippen MR) is 49.9 cm³/mol. The van der Waals surface area contributed by atoms with E-state index < -0.39 is 28.7 Å². The molecule has 0 radical (unpaired) electrons. The minimum atomic E-state index is -1.21. The van der Waals surface area contributed by atoms with E-state index in [2.05, 4.69) is 9.73 Å². The van der Waals surface area contributed by atoms with Crippen molar-refractivity contribution in [3.63, 3.8) is 0 Å². The molecular formula is C8H8N2O6. The minimum absolute atomic E-state index is 0.306. The number of carboxylic acids is 1. The average Bonchev–Trinajstić information content (AvgIpc) is 2.65. The van der Waals surface area contributed by atoms with Gasteiger partial charge in [0.25, 0.3) is 5.91 Å². The van der Waals surface area contributed by atoms with Gasteiger partial charge in [0.05, 0.1) is 6.07 Å². The lowest BCUT2D eigenvalue weighted by Gasteiger charge is -2.06. The molecule has 0 aliphatic heterocycles. The molecule has 16 heavy (non-hydrogen) atoms. The molecule has 1 atom stereocenters. The first kappa shape index (κ1) is 11.7. The van der Waals surface area contributed by atoms with Crippen molar-refractivity contribution in [1.82, 2.24) is 5.32 Å². The lowest BCUT2D eigenvalue weighted by molar-refractivity contribution is -0.402. The zero-order valence-electron chi connectivity index (χ0n) is 8.17. The van der Waals surface area contributed by atoms with E-state index in [-0.39, 0.29) is 5.76 Å². The molecule has 1 aromatic rings. The fourth-order valence-electron chi connectivity index (χ4n) is 0.877. The highest BCUT2D eigenvalue weighted by Crippen LogP contribution is 2.15. The van der Waals surface area contributed by atoms with Crippen LogP contribution >= 0.6 is 0 Å². The Morgan fingerprint density at radius 3 is 2.62 bits per heavy atom. The predicted octanol–water partition coefficient (Wildman–Crippen LogP) is 0.391. The van der Waals surface area contributed by atoms with E-state index in [4.69, 9.17) is 5.11 Å². The molecule has 0 saturated heterocycles. The van der Waals surface area contributed by atoms with Crippen LogP contribution in [0.5, 0.6) is 0 Å². The second kappa shape index (κ2) is 4.43. The maximum Gasteiger partial charge on any atom is 0.433 e. The number of rotatable bonds is 4. The molecular weight excluding hydrogens is 220 g/mol. The maximum absolute atomic E-state index is 11.3. The summed E-state index contributed by atoms with van der Waals surface area (Å²) in [6.07, 6.45) is 0. The molecule has 1 aromatic heterocycles. The number of nitrogens with zero attached hydrogens (tertiary/aromatic N) is 1. The molecule has 2 N–H and O–H groups in total. The Balaban J connectivity index is 2.73. The third-order valence-corrected chi connectivity index (χ3v) is 1.71. The van der Waals surface area contributed by atoms with Gasteiger partial charge in [-0.15, -0.1) is 0 Å². The van der Waals surface area contributed by atoms with Crippen molar-refractivity contribution in [1.29, 1.82) is 0 Å². The van der Waals surface area contributed by atoms with Crippen LogP contribution in [0.1, 0.15) is 17.5 Å². The Morgan fingerprint density at radius 1 is 1.56 bits per heavy atom. The van der Waals surface area contributed by atoms with Gasteiger partial charge in [-0.25, -0.2) is 0 Å². The lowest BCUT2D eigenvalue weighted by atomic mass is 10.3. The van der Waals surface area contributed by atoms with Gasteiger partial charge in [0.15, 0.2) is 5.76 Å². The molecule has 0 aliphatic carbocycles. The third-order valence-electron chi connectivity index (χ3n) is 1.71. The number of carbonyl (C=O) groups is 2. The van der Waals surface area contributed by atoms with Crippen LogP contribution in [0.3, 0.4) is 0 Å². The molecule has 8 nitrogen and oxygen atoms in total. The molecule has 0 bridgehead atoms. The van der Waals surface area contributed by atoms with Gasteiger partial charge < -0.3 is 14.8 Å². The van der Waals surface area contributed by atoms with Gasteiger partial charge in [0.1, 0.15) is 11.0 Å². The Morgan fingerprint density at radius 2 is 2.19 bits per heavy atom. The van der Waals surface area contributed by atoms with Crippen molar-refractivity contribution in [3.8, 4) is 0 Å². The molecule has 0 spiro atoms. The number of carboxylic acid groups (broad SMARTS) is 1. The monoisotopic (exact) mass is 228 g/mol. The number of hydrogen-bond acceptors (Lipinski definition) is 5. The number of nitrogens with one attached hydrogen (secondary N) is 1. The maximum atomic E-state index is 11.3. The molecule has 1 heterocycles. The second-order valence-electron chi connectivity index (χ2n) is 2.93. The number of amides is 1. The molecule has 0 aliphatic rings. The van der Waals surface area contributed by atoms with E-state index in [1.54, 1.807) is 0 Å². The Kier molecular flexibility index (Phi) is 3.24. The zero-order valence-corrected chi connectivity index (χ0v) is 8.17. The number of furan rings is 1. The van der Waals surface area contributed by atoms with Gasteiger partial charge >= 0.3 is 11.9 Å². The van der Waals surface area contributed by atoms with Crippen LogP contribution < -0.4 is 5.32 Å². The summed E-state index contributed by atoms with van der Waals surface area (Å²) in [6, 6.07) is 1.01. The smallest absolute Gasteiger partial charge is 0.433 e. The van der Waals surface area contributed by atoms with E-state index in [1.165, 1.54) is 6.92 Å². The molecule has 1 amide bonds. The number of hydrogen-bond donors (Lipinski definition) is 2. The highest BCUT2D eigenvalue weighted by atomic mass is 16.6. The highest BCUT2D eigenvalue weighted by Gasteiger charge is 2.20. The summed E-state index contributed by atoms with van der Waals surface area (Å²) < 4.78 is 4.58. The van der Waals surface area contributed by atoms with Crippen LogP contribution in [0, 0.1) is 10.1 Å². The van der Waals surface area contributed by atoms with Crippen molar-refractivity contribution in [2.75, 3.05) is 0 Å². The Labute approximate surface area is 89.0 Å². The molecule has 0 fully saturated rings. The van der Waals surface area contributed by atoms with Crippen molar-refractivity contribution in [2.45, 2.75) is 13.0 Å². The van der Waals surface area contributed by atoms with E-state index in [0.717, 1.165) is 12.1 Å². The van der Waals surface area contributed by atoms with Crippen LogP contribution in [0.4, 0.5) is 5.88 Å².